The predicted molar refractivity (Wildman–Crippen MR) is 54.3 cm³/mol. The van der Waals surface area contributed by atoms with Crippen LogP contribution in [0.25, 0.3) is 0 Å². The number of rotatable bonds is 6. The van der Waals surface area contributed by atoms with Crippen molar-refractivity contribution in [1.82, 2.24) is 0 Å². The Morgan fingerprint density at radius 2 is 1.92 bits per heavy atom. The highest BCUT2D eigenvalue weighted by Gasteiger charge is 1.86. The van der Waals surface area contributed by atoms with Gasteiger partial charge >= 0.3 is 0 Å². The number of aliphatic hydroxyl groups is 1. The van der Waals surface area contributed by atoms with Crippen LogP contribution in [0.15, 0.2) is 24.0 Å². The molecule has 12 heavy (non-hydrogen) atoms. The second kappa shape index (κ2) is 8.38. The van der Waals surface area contributed by atoms with Crippen LogP contribution in [0.1, 0.15) is 46.0 Å². The largest absolute Gasteiger partial charge is 0.513 e. The quantitative estimate of drug-likeness (QED) is 0.470. The number of hydrogen-bond acceptors (Lipinski definition) is 1. The van der Waals surface area contributed by atoms with Crippen molar-refractivity contribution in [2.24, 2.45) is 0 Å². The molecule has 0 unspecified atom stereocenters. The van der Waals surface area contributed by atoms with Crippen molar-refractivity contribution in [3.05, 3.63) is 24.0 Å². The average molecular weight is 168 g/mol. The molecule has 0 aromatic heterocycles. The minimum atomic E-state index is 0.527. The van der Waals surface area contributed by atoms with E-state index in [-0.39, 0.29) is 0 Å². The van der Waals surface area contributed by atoms with Crippen LogP contribution in [-0.4, -0.2) is 5.11 Å². The number of aliphatic hydroxyl groups excluding tert-OH is 1. The molecule has 0 aromatic carbocycles. The Hall–Kier alpha value is -0.720. The summed E-state index contributed by atoms with van der Waals surface area (Å²) in [5, 5.41) is 9.23. The third-order valence-electron chi connectivity index (χ3n) is 1.62. The van der Waals surface area contributed by atoms with E-state index in [2.05, 4.69) is 26.0 Å². The van der Waals surface area contributed by atoms with Crippen LogP contribution in [0.3, 0.4) is 0 Å². The average Bonchev–Trinajstić information content (AvgIpc) is 2.05. The molecule has 0 radical (unpaired) electrons. The van der Waals surface area contributed by atoms with Gasteiger partial charge in [-0.3, -0.25) is 0 Å². The fraction of sp³-hybridized carbons (Fsp3) is 0.636. The zero-order valence-electron chi connectivity index (χ0n) is 8.21. The Morgan fingerprint density at radius 1 is 1.17 bits per heavy atom. The van der Waals surface area contributed by atoms with Crippen molar-refractivity contribution in [1.29, 1.82) is 0 Å². The van der Waals surface area contributed by atoms with Gasteiger partial charge in [-0.2, -0.15) is 0 Å². The molecule has 1 N–H and O–H groups in total. The number of hydrogen-bond donors (Lipinski definition) is 1. The van der Waals surface area contributed by atoms with Gasteiger partial charge in [-0.25, -0.2) is 0 Å². The first kappa shape index (κ1) is 11.3. The van der Waals surface area contributed by atoms with Crippen LogP contribution < -0.4 is 0 Å². The van der Waals surface area contributed by atoms with E-state index in [1.54, 1.807) is 0 Å². The zero-order chi connectivity index (χ0) is 9.23. The third kappa shape index (κ3) is 7.39. The van der Waals surface area contributed by atoms with Gasteiger partial charge in [0.15, 0.2) is 0 Å². The molecule has 0 saturated carbocycles. The van der Waals surface area contributed by atoms with Crippen LogP contribution in [0.2, 0.25) is 0 Å². The van der Waals surface area contributed by atoms with E-state index in [9.17, 15) is 5.11 Å². The van der Waals surface area contributed by atoms with Gasteiger partial charge in [0.2, 0.25) is 0 Å². The van der Waals surface area contributed by atoms with E-state index >= 15 is 0 Å². The molecule has 0 atom stereocenters. The fourth-order valence-electron chi connectivity index (χ4n) is 0.943. The Balaban J connectivity index is 3.44. The Morgan fingerprint density at radius 3 is 2.50 bits per heavy atom. The van der Waals surface area contributed by atoms with E-state index in [1.165, 1.54) is 6.42 Å². The van der Waals surface area contributed by atoms with Gasteiger partial charge in [0.1, 0.15) is 0 Å². The Labute approximate surface area is 75.8 Å². The topological polar surface area (TPSA) is 20.2 Å². The molecule has 0 bridgehead atoms. The van der Waals surface area contributed by atoms with Crippen molar-refractivity contribution in [3.8, 4) is 0 Å². The molecule has 0 amide bonds. The van der Waals surface area contributed by atoms with Crippen molar-refractivity contribution in [3.63, 3.8) is 0 Å². The van der Waals surface area contributed by atoms with Gasteiger partial charge in [0, 0.05) is 6.42 Å². The summed E-state index contributed by atoms with van der Waals surface area (Å²) in [6.45, 7) is 4.23. The first-order valence-electron chi connectivity index (χ1n) is 4.84. The van der Waals surface area contributed by atoms with Crippen molar-refractivity contribution < 1.29 is 5.11 Å². The lowest BCUT2D eigenvalue weighted by Crippen LogP contribution is -1.78. The first-order valence-corrected chi connectivity index (χ1v) is 4.84. The lowest BCUT2D eigenvalue weighted by atomic mass is 10.2. The lowest BCUT2D eigenvalue weighted by molar-refractivity contribution is 0.384. The molecule has 0 spiro atoms. The van der Waals surface area contributed by atoms with Gasteiger partial charge in [-0.15, -0.1) is 0 Å². The molecule has 70 valence electrons. The molecule has 0 saturated heterocycles. The van der Waals surface area contributed by atoms with E-state index in [1.807, 2.05) is 6.08 Å². The van der Waals surface area contributed by atoms with Gasteiger partial charge in [0.25, 0.3) is 0 Å². The SMILES string of the molecule is CCC/C=C/C/C=C(/O)CCC. The minimum Gasteiger partial charge on any atom is -0.513 e. The van der Waals surface area contributed by atoms with Crippen molar-refractivity contribution in [2.45, 2.75) is 46.0 Å². The Kier molecular flexibility index (Phi) is 7.87. The van der Waals surface area contributed by atoms with Gasteiger partial charge in [-0.05, 0) is 25.3 Å². The van der Waals surface area contributed by atoms with E-state index < -0.39 is 0 Å². The van der Waals surface area contributed by atoms with Gasteiger partial charge in [-0.1, -0.05) is 32.4 Å². The highest BCUT2D eigenvalue weighted by atomic mass is 16.3. The minimum absolute atomic E-state index is 0.527. The Bertz CT molecular complexity index is 145. The van der Waals surface area contributed by atoms with Crippen LogP contribution in [0, 0.1) is 0 Å². The molecule has 1 nitrogen and oxygen atoms in total. The summed E-state index contributed by atoms with van der Waals surface area (Å²) in [5.74, 6) is 0.527. The highest BCUT2D eigenvalue weighted by molar-refractivity contribution is 4.97. The van der Waals surface area contributed by atoms with E-state index in [0.717, 1.165) is 25.7 Å². The molecule has 0 aromatic rings. The molecule has 0 aliphatic rings. The van der Waals surface area contributed by atoms with Gasteiger partial charge < -0.3 is 5.11 Å². The van der Waals surface area contributed by atoms with Gasteiger partial charge in [0.05, 0.1) is 5.76 Å². The lowest BCUT2D eigenvalue weighted by Gasteiger charge is -1.93. The second-order valence-electron chi connectivity index (χ2n) is 2.94. The van der Waals surface area contributed by atoms with E-state index in [0.29, 0.717) is 5.76 Å². The second-order valence-corrected chi connectivity index (χ2v) is 2.94. The van der Waals surface area contributed by atoms with Crippen LogP contribution in [0.5, 0.6) is 0 Å². The molecule has 0 heterocycles. The summed E-state index contributed by atoms with van der Waals surface area (Å²) < 4.78 is 0. The summed E-state index contributed by atoms with van der Waals surface area (Å²) in [4.78, 5) is 0. The maximum atomic E-state index is 9.23. The maximum absolute atomic E-state index is 9.23. The summed E-state index contributed by atoms with van der Waals surface area (Å²) in [5.41, 5.74) is 0. The monoisotopic (exact) mass is 168 g/mol. The highest BCUT2D eigenvalue weighted by Crippen LogP contribution is 2.02. The van der Waals surface area contributed by atoms with Crippen molar-refractivity contribution in [2.75, 3.05) is 0 Å². The number of allylic oxidation sites excluding steroid dienone is 4. The molecular weight excluding hydrogens is 148 g/mol. The molecule has 0 rings (SSSR count). The molecule has 0 fully saturated rings. The molecule has 0 aliphatic carbocycles. The van der Waals surface area contributed by atoms with E-state index in [4.69, 9.17) is 0 Å². The van der Waals surface area contributed by atoms with Crippen LogP contribution >= 0.6 is 0 Å². The summed E-state index contributed by atoms with van der Waals surface area (Å²) in [7, 11) is 0. The first-order chi connectivity index (χ1) is 5.81. The van der Waals surface area contributed by atoms with Crippen LogP contribution in [-0.2, 0) is 0 Å². The van der Waals surface area contributed by atoms with Crippen molar-refractivity contribution >= 4 is 0 Å². The third-order valence-corrected chi connectivity index (χ3v) is 1.62. The smallest absolute Gasteiger partial charge is 0.0885 e. The molecular formula is C11H20O. The predicted octanol–water partition coefficient (Wildman–Crippen LogP) is 3.97. The standard InChI is InChI=1S/C11H20O/c1-3-5-6-7-8-10-11(12)9-4-2/h6-7,10,12H,3-5,8-9H2,1-2H3/b7-6+,11-10+. The summed E-state index contributed by atoms with van der Waals surface area (Å²) >= 11 is 0. The summed E-state index contributed by atoms with van der Waals surface area (Å²) in [6.07, 6.45) is 11.2. The van der Waals surface area contributed by atoms with Crippen LogP contribution in [0.4, 0.5) is 0 Å². The normalized spacial score (nSPS) is 12.7. The molecule has 1 heteroatoms. The maximum Gasteiger partial charge on any atom is 0.0885 e. The summed E-state index contributed by atoms with van der Waals surface area (Å²) in [6, 6.07) is 0. The zero-order valence-corrected chi connectivity index (χ0v) is 8.21. The fourth-order valence-corrected chi connectivity index (χ4v) is 0.943. The number of unbranched alkanes of at least 4 members (excludes halogenated alkanes) is 1. The molecule has 0 aliphatic heterocycles.